The predicted molar refractivity (Wildman–Crippen MR) is 73.5 cm³/mol. The third kappa shape index (κ3) is 2.27. The van der Waals surface area contributed by atoms with Crippen molar-refractivity contribution in [1.82, 2.24) is 0 Å². The van der Waals surface area contributed by atoms with E-state index in [2.05, 4.69) is 5.32 Å². The van der Waals surface area contributed by atoms with E-state index in [9.17, 15) is 9.90 Å². The monoisotopic (exact) mass is 267 g/mol. The maximum atomic E-state index is 11.6. The number of methoxy groups -OCH3 is 1. The lowest BCUT2D eigenvalue weighted by molar-refractivity contribution is -0.142. The molecule has 1 aliphatic rings. The zero-order chi connectivity index (χ0) is 13.2. The largest absolute Gasteiger partial charge is 0.497 e. The summed E-state index contributed by atoms with van der Waals surface area (Å²) >= 11 is 1.67. The molecule has 98 valence electrons. The number of nitrogens with one attached hydrogen (secondary N) is 1. The van der Waals surface area contributed by atoms with E-state index in [1.165, 1.54) is 0 Å². The van der Waals surface area contributed by atoms with Crippen molar-refractivity contribution in [2.24, 2.45) is 5.92 Å². The number of hydrogen-bond acceptors (Lipinski definition) is 4. The minimum absolute atomic E-state index is 0.0891. The van der Waals surface area contributed by atoms with Gasteiger partial charge < -0.3 is 15.2 Å². The fraction of sp³-hybridized carbons (Fsp3) is 0.462. The number of rotatable bonds is 4. The molecule has 0 aliphatic carbocycles. The third-order valence-electron chi connectivity index (χ3n) is 3.36. The zero-order valence-corrected chi connectivity index (χ0v) is 11.3. The van der Waals surface area contributed by atoms with Crippen LogP contribution in [-0.4, -0.2) is 35.2 Å². The Morgan fingerprint density at radius 2 is 2.39 bits per heavy atom. The summed E-state index contributed by atoms with van der Waals surface area (Å²) in [6.07, 6.45) is 0. The molecule has 0 radical (unpaired) electrons. The topological polar surface area (TPSA) is 58.6 Å². The Kier molecular flexibility index (Phi) is 3.71. The first-order valence-electron chi connectivity index (χ1n) is 5.82. The Morgan fingerprint density at radius 1 is 1.61 bits per heavy atom. The molecular formula is C13H17NO3S. The summed E-state index contributed by atoms with van der Waals surface area (Å²) in [7, 11) is 1.60. The first-order valence-corrected chi connectivity index (χ1v) is 6.97. The Labute approximate surface area is 111 Å². The molecular weight excluding hydrogens is 250 g/mol. The van der Waals surface area contributed by atoms with Crippen LogP contribution in [-0.2, 0) is 4.79 Å². The molecule has 2 rings (SSSR count). The van der Waals surface area contributed by atoms with Crippen LogP contribution in [0, 0.1) is 5.92 Å². The molecule has 1 saturated heterocycles. The van der Waals surface area contributed by atoms with Gasteiger partial charge in [-0.05, 0) is 23.8 Å². The van der Waals surface area contributed by atoms with Crippen LogP contribution in [0.25, 0.3) is 0 Å². The van der Waals surface area contributed by atoms with Gasteiger partial charge in [0, 0.05) is 17.5 Å². The maximum Gasteiger partial charge on any atom is 0.330 e. The third-order valence-corrected chi connectivity index (χ3v) is 4.75. The van der Waals surface area contributed by atoms with Gasteiger partial charge in [-0.2, -0.15) is 11.8 Å². The number of aliphatic carboxylic acids is 1. The van der Waals surface area contributed by atoms with Crippen molar-refractivity contribution in [3.63, 3.8) is 0 Å². The summed E-state index contributed by atoms with van der Waals surface area (Å²) in [4.78, 5) is 11.6. The molecule has 0 amide bonds. The van der Waals surface area contributed by atoms with Gasteiger partial charge in [-0.1, -0.05) is 13.0 Å². The molecule has 5 heteroatoms. The summed E-state index contributed by atoms with van der Waals surface area (Å²) in [5.74, 6) is 1.47. The first-order chi connectivity index (χ1) is 8.58. The Bertz CT molecular complexity index is 452. The molecule has 1 aliphatic heterocycles. The highest BCUT2D eigenvalue weighted by atomic mass is 32.2. The molecule has 4 nitrogen and oxygen atoms in total. The normalized spacial score (nSPS) is 26.9. The van der Waals surface area contributed by atoms with Crippen molar-refractivity contribution in [2.45, 2.75) is 12.5 Å². The van der Waals surface area contributed by atoms with Crippen molar-refractivity contribution in [3.8, 4) is 5.75 Å². The molecule has 0 aromatic heterocycles. The average Bonchev–Trinajstić information content (AvgIpc) is 2.72. The fourth-order valence-electron chi connectivity index (χ4n) is 2.12. The van der Waals surface area contributed by atoms with Crippen LogP contribution in [0.1, 0.15) is 6.92 Å². The Hall–Kier alpha value is -1.36. The van der Waals surface area contributed by atoms with Crippen LogP contribution in [0.15, 0.2) is 24.3 Å². The van der Waals surface area contributed by atoms with Crippen molar-refractivity contribution >= 4 is 23.4 Å². The lowest BCUT2D eigenvalue weighted by Gasteiger charge is -2.30. The summed E-state index contributed by atoms with van der Waals surface area (Å²) in [5.41, 5.74) is -0.0945. The van der Waals surface area contributed by atoms with Gasteiger partial charge in [-0.3, -0.25) is 0 Å². The maximum absolute atomic E-state index is 11.6. The van der Waals surface area contributed by atoms with Crippen molar-refractivity contribution in [2.75, 3.05) is 23.9 Å². The second-order valence-corrected chi connectivity index (χ2v) is 5.58. The number of carboxylic acid groups (broad SMARTS) is 1. The number of thioether (sulfide) groups is 1. The summed E-state index contributed by atoms with van der Waals surface area (Å²) in [6.45, 7) is 1.97. The molecule has 0 bridgehead atoms. The molecule has 2 N–H and O–H groups in total. The van der Waals surface area contributed by atoms with E-state index in [4.69, 9.17) is 4.74 Å². The number of carbonyl (C=O) groups is 1. The van der Waals surface area contributed by atoms with Gasteiger partial charge >= 0.3 is 5.97 Å². The second kappa shape index (κ2) is 5.10. The highest BCUT2D eigenvalue weighted by Gasteiger charge is 2.47. The number of carboxylic acids is 1. The SMILES string of the molecule is COc1cccc(NC2(C(=O)O)CSCC2C)c1. The highest BCUT2D eigenvalue weighted by Crippen LogP contribution is 2.37. The van der Waals surface area contributed by atoms with E-state index >= 15 is 0 Å². The lowest BCUT2D eigenvalue weighted by Crippen LogP contribution is -2.51. The molecule has 0 saturated carbocycles. The molecule has 1 aromatic carbocycles. The number of anilines is 1. The van der Waals surface area contributed by atoms with Gasteiger partial charge in [0.05, 0.1) is 7.11 Å². The van der Waals surface area contributed by atoms with Gasteiger partial charge in [0.1, 0.15) is 11.3 Å². The van der Waals surface area contributed by atoms with Crippen LogP contribution in [0.2, 0.25) is 0 Å². The van der Waals surface area contributed by atoms with E-state index in [-0.39, 0.29) is 5.92 Å². The van der Waals surface area contributed by atoms with E-state index < -0.39 is 11.5 Å². The summed E-state index contributed by atoms with van der Waals surface area (Å²) in [6, 6.07) is 7.37. The van der Waals surface area contributed by atoms with Crippen LogP contribution < -0.4 is 10.1 Å². The van der Waals surface area contributed by atoms with E-state index in [1.54, 1.807) is 18.9 Å². The van der Waals surface area contributed by atoms with Gasteiger partial charge in [0.25, 0.3) is 0 Å². The minimum atomic E-state index is -0.878. The first kappa shape index (κ1) is 13.1. The van der Waals surface area contributed by atoms with Crippen molar-refractivity contribution in [1.29, 1.82) is 0 Å². The quantitative estimate of drug-likeness (QED) is 0.876. The number of hydrogen-bond donors (Lipinski definition) is 2. The lowest BCUT2D eigenvalue weighted by atomic mass is 9.88. The molecule has 1 aromatic rings. The van der Waals surface area contributed by atoms with Crippen LogP contribution in [0.4, 0.5) is 5.69 Å². The second-order valence-electron chi connectivity index (χ2n) is 4.55. The van der Waals surface area contributed by atoms with Crippen molar-refractivity contribution in [3.05, 3.63) is 24.3 Å². The zero-order valence-electron chi connectivity index (χ0n) is 10.5. The minimum Gasteiger partial charge on any atom is -0.497 e. The number of benzene rings is 1. The molecule has 2 atom stereocenters. The molecule has 0 spiro atoms. The van der Waals surface area contributed by atoms with Gasteiger partial charge in [-0.25, -0.2) is 4.79 Å². The van der Waals surface area contributed by atoms with E-state index in [0.717, 1.165) is 17.2 Å². The van der Waals surface area contributed by atoms with E-state index in [1.807, 2.05) is 31.2 Å². The van der Waals surface area contributed by atoms with Gasteiger partial charge in [-0.15, -0.1) is 0 Å². The molecule has 2 unspecified atom stereocenters. The van der Waals surface area contributed by atoms with Crippen LogP contribution >= 0.6 is 11.8 Å². The molecule has 1 fully saturated rings. The summed E-state index contributed by atoms with van der Waals surface area (Å²) < 4.78 is 5.15. The van der Waals surface area contributed by atoms with Crippen LogP contribution in [0.5, 0.6) is 5.75 Å². The number of ether oxygens (including phenoxy) is 1. The van der Waals surface area contributed by atoms with Crippen LogP contribution in [0.3, 0.4) is 0 Å². The average molecular weight is 267 g/mol. The van der Waals surface area contributed by atoms with Gasteiger partial charge in [0.15, 0.2) is 0 Å². The van der Waals surface area contributed by atoms with E-state index in [0.29, 0.717) is 5.75 Å². The van der Waals surface area contributed by atoms with Crippen molar-refractivity contribution < 1.29 is 14.6 Å². The molecule has 1 heterocycles. The predicted octanol–water partition coefficient (Wildman–Crippen LogP) is 2.31. The Morgan fingerprint density at radius 3 is 2.94 bits per heavy atom. The van der Waals surface area contributed by atoms with Gasteiger partial charge in [0.2, 0.25) is 0 Å². The highest BCUT2D eigenvalue weighted by molar-refractivity contribution is 7.99. The Balaban J connectivity index is 2.26. The summed E-state index contributed by atoms with van der Waals surface area (Å²) in [5, 5.41) is 12.7. The fourth-order valence-corrected chi connectivity index (χ4v) is 3.68. The molecule has 18 heavy (non-hydrogen) atoms. The smallest absolute Gasteiger partial charge is 0.330 e. The standard InChI is InChI=1S/C13H17NO3S/c1-9-7-18-8-13(9,12(15)16)14-10-4-3-5-11(6-10)17-2/h3-6,9,14H,7-8H2,1-2H3,(H,15,16).